The molecule has 134 valence electrons. The van der Waals surface area contributed by atoms with Crippen LogP contribution in [0.25, 0.3) is 10.2 Å². The Morgan fingerprint density at radius 3 is 2.11 bits per heavy atom. The Labute approximate surface area is 165 Å². The van der Waals surface area contributed by atoms with Crippen LogP contribution in [0.4, 0.5) is 11.4 Å². The van der Waals surface area contributed by atoms with Crippen LogP contribution in [-0.4, -0.2) is 16.6 Å². The highest BCUT2D eigenvalue weighted by molar-refractivity contribution is 8.01. The lowest BCUT2D eigenvalue weighted by Crippen LogP contribution is -2.39. The van der Waals surface area contributed by atoms with Crippen LogP contribution in [0.3, 0.4) is 0 Å². The molecular formula is C21H17N3OS2. The number of benzene rings is 3. The van der Waals surface area contributed by atoms with Crippen molar-refractivity contribution >= 4 is 50.6 Å². The van der Waals surface area contributed by atoms with Gasteiger partial charge in [-0.15, -0.1) is 11.3 Å². The van der Waals surface area contributed by atoms with Gasteiger partial charge in [0.25, 0.3) is 0 Å². The highest BCUT2D eigenvalue weighted by Crippen LogP contribution is 2.29. The first kappa shape index (κ1) is 17.6. The van der Waals surface area contributed by atoms with Crippen LogP contribution in [0, 0.1) is 0 Å². The smallest absolute Gasteiger partial charge is 0.249 e. The summed E-state index contributed by atoms with van der Waals surface area (Å²) in [4.78, 5) is 17.2. The van der Waals surface area contributed by atoms with E-state index >= 15 is 0 Å². The van der Waals surface area contributed by atoms with Crippen molar-refractivity contribution in [1.82, 2.24) is 10.4 Å². The van der Waals surface area contributed by atoms with E-state index in [0.29, 0.717) is 5.75 Å². The summed E-state index contributed by atoms with van der Waals surface area (Å²) in [7, 11) is 0. The lowest BCUT2D eigenvalue weighted by Gasteiger charge is -2.25. The van der Waals surface area contributed by atoms with Gasteiger partial charge in [0.05, 0.1) is 27.3 Å². The molecule has 27 heavy (non-hydrogen) atoms. The lowest BCUT2D eigenvalue weighted by atomic mass is 10.2. The van der Waals surface area contributed by atoms with Crippen LogP contribution in [0.15, 0.2) is 89.3 Å². The topological polar surface area (TPSA) is 45.2 Å². The average Bonchev–Trinajstić information content (AvgIpc) is 3.15. The van der Waals surface area contributed by atoms with Crippen molar-refractivity contribution in [2.75, 3.05) is 10.8 Å². The fourth-order valence-corrected chi connectivity index (χ4v) is 4.49. The molecule has 0 saturated carbocycles. The maximum atomic E-state index is 12.6. The maximum Gasteiger partial charge on any atom is 0.249 e. The van der Waals surface area contributed by atoms with Crippen LogP contribution in [0.2, 0.25) is 0 Å². The molecule has 1 N–H and O–H groups in total. The fraction of sp³-hybridized carbons (Fsp3) is 0.0476. The summed E-state index contributed by atoms with van der Waals surface area (Å²) in [5, 5.41) is 1.81. The number of hydrazine groups is 1. The summed E-state index contributed by atoms with van der Waals surface area (Å²) in [5.41, 5.74) is 5.79. The first-order valence-corrected chi connectivity index (χ1v) is 10.3. The molecule has 0 spiro atoms. The predicted octanol–water partition coefficient (Wildman–Crippen LogP) is 5.26. The van der Waals surface area contributed by atoms with E-state index in [-0.39, 0.29) is 5.91 Å². The first-order valence-electron chi connectivity index (χ1n) is 8.48. The van der Waals surface area contributed by atoms with Crippen molar-refractivity contribution in [3.05, 3.63) is 84.9 Å². The number of carbonyl (C=O) groups excluding carboxylic acids is 1. The summed E-state index contributed by atoms with van der Waals surface area (Å²) >= 11 is 3.06. The zero-order chi connectivity index (χ0) is 18.5. The normalized spacial score (nSPS) is 10.7. The average molecular weight is 392 g/mol. The van der Waals surface area contributed by atoms with Gasteiger partial charge >= 0.3 is 0 Å². The maximum absolute atomic E-state index is 12.6. The summed E-state index contributed by atoms with van der Waals surface area (Å²) in [6, 6.07) is 27.6. The minimum atomic E-state index is -0.0769. The molecule has 4 nitrogen and oxygen atoms in total. The van der Waals surface area contributed by atoms with E-state index in [1.165, 1.54) is 11.8 Å². The zero-order valence-corrected chi connectivity index (χ0v) is 16.0. The van der Waals surface area contributed by atoms with Gasteiger partial charge in [-0.3, -0.25) is 15.2 Å². The van der Waals surface area contributed by atoms with Crippen molar-refractivity contribution in [2.45, 2.75) is 4.34 Å². The van der Waals surface area contributed by atoms with E-state index in [1.54, 1.807) is 16.3 Å². The van der Waals surface area contributed by atoms with Gasteiger partial charge in [-0.05, 0) is 36.4 Å². The molecule has 0 bridgehead atoms. The van der Waals surface area contributed by atoms with Crippen molar-refractivity contribution in [1.29, 1.82) is 0 Å². The number of carbonyl (C=O) groups is 1. The number of nitrogens with zero attached hydrogens (tertiary/aromatic N) is 2. The molecule has 0 aliphatic carbocycles. The Balaban J connectivity index is 1.47. The molecule has 4 rings (SSSR count). The third kappa shape index (κ3) is 4.30. The molecule has 0 aliphatic heterocycles. The van der Waals surface area contributed by atoms with E-state index in [0.717, 1.165) is 25.9 Å². The Morgan fingerprint density at radius 1 is 0.889 bits per heavy atom. The van der Waals surface area contributed by atoms with Gasteiger partial charge in [-0.25, -0.2) is 4.98 Å². The number of thioether (sulfide) groups is 1. The molecule has 1 heterocycles. The molecule has 1 amide bonds. The predicted molar refractivity (Wildman–Crippen MR) is 114 cm³/mol. The van der Waals surface area contributed by atoms with Gasteiger partial charge in [0.2, 0.25) is 5.91 Å². The van der Waals surface area contributed by atoms with E-state index in [4.69, 9.17) is 0 Å². The molecule has 1 aromatic heterocycles. The molecule has 0 unspecified atom stereocenters. The number of thiazole rings is 1. The SMILES string of the molecule is O=C(CSc1nc2ccccc2s1)NN(c1ccccc1)c1ccccc1. The Kier molecular flexibility index (Phi) is 5.37. The van der Waals surface area contributed by atoms with Gasteiger partial charge in [0.1, 0.15) is 0 Å². The number of hydrogen-bond donors (Lipinski definition) is 1. The van der Waals surface area contributed by atoms with E-state index < -0.39 is 0 Å². The minimum Gasteiger partial charge on any atom is -0.272 e. The molecule has 0 atom stereocenters. The molecule has 3 aromatic carbocycles. The van der Waals surface area contributed by atoms with E-state index in [1.807, 2.05) is 84.9 Å². The Hall–Kier alpha value is -2.83. The second-order valence-electron chi connectivity index (χ2n) is 5.78. The summed E-state index contributed by atoms with van der Waals surface area (Å²) < 4.78 is 2.04. The molecule has 0 fully saturated rings. The van der Waals surface area contributed by atoms with Crippen molar-refractivity contribution < 1.29 is 4.79 Å². The second-order valence-corrected chi connectivity index (χ2v) is 8.03. The number of anilines is 2. The number of hydrogen-bond acceptors (Lipinski definition) is 5. The lowest BCUT2D eigenvalue weighted by molar-refractivity contribution is -0.118. The molecular weight excluding hydrogens is 374 g/mol. The summed E-state index contributed by atoms with van der Waals surface area (Å²) in [6.45, 7) is 0. The highest BCUT2D eigenvalue weighted by Gasteiger charge is 2.13. The first-order chi connectivity index (χ1) is 13.3. The van der Waals surface area contributed by atoms with Crippen molar-refractivity contribution in [2.24, 2.45) is 0 Å². The van der Waals surface area contributed by atoms with Gasteiger partial charge in [-0.2, -0.15) is 0 Å². The number of nitrogens with one attached hydrogen (secondary N) is 1. The Morgan fingerprint density at radius 2 is 1.48 bits per heavy atom. The number of fused-ring (bicyclic) bond motifs is 1. The fourth-order valence-electron chi connectivity index (χ4n) is 2.63. The molecule has 4 aromatic rings. The standard InChI is InChI=1S/C21H17N3OS2/c25-20(15-26-21-22-18-13-7-8-14-19(18)27-21)23-24(16-9-3-1-4-10-16)17-11-5-2-6-12-17/h1-14H,15H2,(H,23,25). The summed E-state index contributed by atoms with van der Waals surface area (Å²) in [5.74, 6) is 0.225. The number of amides is 1. The van der Waals surface area contributed by atoms with Crippen LogP contribution >= 0.6 is 23.1 Å². The van der Waals surface area contributed by atoms with Crippen LogP contribution in [-0.2, 0) is 4.79 Å². The largest absolute Gasteiger partial charge is 0.272 e. The molecule has 6 heteroatoms. The second kappa shape index (κ2) is 8.24. The monoisotopic (exact) mass is 391 g/mol. The van der Waals surface area contributed by atoms with Gasteiger partial charge in [0, 0.05) is 0 Å². The number of para-hydroxylation sites is 3. The van der Waals surface area contributed by atoms with E-state index in [9.17, 15) is 4.79 Å². The number of rotatable bonds is 6. The van der Waals surface area contributed by atoms with Gasteiger partial charge in [0.15, 0.2) is 4.34 Å². The third-order valence-electron chi connectivity index (χ3n) is 3.87. The van der Waals surface area contributed by atoms with Gasteiger partial charge < -0.3 is 0 Å². The Bertz CT molecular complexity index is 962. The van der Waals surface area contributed by atoms with Crippen LogP contribution in [0.5, 0.6) is 0 Å². The van der Waals surface area contributed by atoms with Crippen LogP contribution in [0.1, 0.15) is 0 Å². The summed E-state index contributed by atoms with van der Waals surface area (Å²) in [6.07, 6.45) is 0. The van der Waals surface area contributed by atoms with Crippen LogP contribution < -0.4 is 10.4 Å². The van der Waals surface area contributed by atoms with E-state index in [2.05, 4.69) is 10.4 Å². The van der Waals surface area contributed by atoms with Crippen molar-refractivity contribution in [3.8, 4) is 0 Å². The molecule has 0 saturated heterocycles. The molecule has 0 radical (unpaired) electrons. The number of aromatic nitrogens is 1. The minimum absolute atomic E-state index is 0.0769. The zero-order valence-electron chi connectivity index (χ0n) is 14.4. The van der Waals surface area contributed by atoms with Crippen molar-refractivity contribution in [3.63, 3.8) is 0 Å². The highest BCUT2D eigenvalue weighted by atomic mass is 32.2. The third-order valence-corrected chi connectivity index (χ3v) is 6.05. The molecule has 0 aliphatic rings. The quantitative estimate of drug-likeness (QED) is 0.360. The van der Waals surface area contributed by atoms with Gasteiger partial charge in [-0.1, -0.05) is 60.3 Å².